The van der Waals surface area contributed by atoms with Crippen LogP contribution < -0.4 is 0 Å². The van der Waals surface area contributed by atoms with Gasteiger partial charge in [-0.25, -0.2) is 0 Å². The second-order valence-corrected chi connectivity index (χ2v) is 4.91. The molecule has 7 heteroatoms. The highest BCUT2D eigenvalue weighted by Gasteiger charge is 2.25. The zero-order valence-corrected chi connectivity index (χ0v) is 12.0. The lowest BCUT2D eigenvalue weighted by atomic mass is 9.97. The summed E-state index contributed by atoms with van der Waals surface area (Å²) >= 11 is 0. The first-order chi connectivity index (χ1) is 10.3. The minimum absolute atomic E-state index is 0.0373. The van der Waals surface area contributed by atoms with Gasteiger partial charge in [0, 0.05) is 11.1 Å². The third kappa shape index (κ3) is 2.83. The van der Waals surface area contributed by atoms with Gasteiger partial charge in [0.2, 0.25) is 0 Å². The number of nitro benzene ring substituents is 2. The molecule has 112 valence electrons. The molecule has 2 aromatic rings. The van der Waals surface area contributed by atoms with E-state index in [1.807, 2.05) is 6.92 Å². The molecule has 0 amide bonds. The Balaban J connectivity index is 2.61. The van der Waals surface area contributed by atoms with Crippen LogP contribution in [0.15, 0.2) is 36.4 Å². The highest BCUT2D eigenvalue weighted by Crippen LogP contribution is 2.30. The zero-order chi connectivity index (χ0) is 16.4. The Morgan fingerprint density at radius 1 is 0.955 bits per heavy atom. The molecule has 0 aliphatic rings. The van der Waals surface area contributed by atoms with Gasteiger partial charge < -0.3 is 0 Å². The molecule has 1 N–H and O–H groups in total. The van der Waals surface area contributed by atoms with Crippen molar-refractivity contribution in [2.75, 3.05) is 0 Å². The minimum atomic E-state index is -0.704. The molecule has 0 fully saturated rings. The van der Waals surface area contributed by atoms with Gasteiger partial charge >= 0.3 is 0 Å². The van der Waals surface area contributed by atoms with Gasteiger partial charge in [0.05, 0.1) is 27.2 Å². The van der Waals surface area contributed by atoms with Gasteiger partial charge in [-0.05, 0) is 19.9 Å². The second kappa shape index (κ2) is 5.72. The van der Waals surface area contributed by atoms with Crippen molar-refractivity contribution in [2.24, 2.45) is 0 Å². The molecule has 0 atom stereocenters. The number of hydrogen-bond acceptors (Lipinski definition) is 5. The minimum Gasteiger partial charge on any atom is -0.299 e. The van der Waals surface area contributed by atoms with Crippen LogP contribution in [0.2, 0.25) is 0 Å². The van der Waals surface area contributed by atoms with Crippen LogP contribution >= 0.6 is 0 Å². The van der Waals surface area contributed by atoms with Crippen LogP contribution in [-0.2, 0) is 0 Å². The maximum absolute atomic E-state index is 11.2. The Hall–Kier alpha value is -3.09. The number of hydrogen-bond donors (Lipinski definition) is 1. The maximum atomic E-state index is 11.2. The van der Waals surface area contributed by atoms with E-state index in [0.29, 0.717) is 5.56 Å². The highest BCUT2D eigenvalue weighted by molar-refractivity contribution is 6.13. The summed E-state index contributed by atoms with van der Waals surface area (Å²) in [5, 5.41) is 30.3. The molecule has 2 rings (SSSR count). The number of benzene rings is 2. The van der Waals surface area contributed by atoms with Crippen molar-refractivity contribution in [3.63, 3.8) is 0 Å². The van der Waals surface area contributed by atoms with Crippen LogP contribution in [0.25, 0.3) is 0 Å². The Kier molecular flexibility index (Phi) is 3.98. The number of nitrogens with one attached hydrogen (secondary N) is 1. The average Bonchev–Trinajstić information content (AvgIpc) is 2.46. The summed E-state index contributed by atoms with van der Waals surface area (Å²) in [5.74, 6) is 0. The number of nitro groups is 2. The predicted molar refractivity (Wildman–Crippen MR) is 81.6 cm³/mol. The molecular formula is C15H13N3O4. The average molecular weight is 299 g/mol. The van der Waals surface area contributed by atoms with Crippen LogP contribution in [0.1, 0.15) is 22.3 Å². The van der Waals surface area contributed by atoms with Crippen LogP contribution in [0, 0.1) is 39.5 Å². The molecule has 0 saturated heterocycles. The first kappa shape index (κ1) is 15.3. The van der Waals surface area contributed by atoms with Crippen LogP contribution in [0.5, 0.6) is 0 Å². The fourth-order valence-corrected chi connectivity index (χ4v) is 2.11. The lowest BCUT2D eigenvalue weighted by Gasteiger charge is -2.07. The largest absolute Gasteiger partial charge is 0.299 e. The first-order valence-corrected chi connectivity index (χ1v) is 6.40. The summed E-state index contributed by atoms with van der Waals surface area (Å²) < 4.78 is 0. The standard InChI is InChI=1S/C15H13N3O4/c1-9-3-5-11(6-4-9)15(16)12-7-10(2)13(17(19)20)8-14(12)18(21)22/h3-8,16H,1-2H3. The number of nitrogens with zero attached hydrogens (tertiary/aromatic N) is 2. The summed E-state index contributed by atoms with van der Waals surface area (Å²) in [4.78, 5) is 20.7. The monoisotopic (exact) mass is 299 g/mol. The van der Waals surface area contributed by atoms with Crippen molar-refractivity contribution < 1.29 is 9.85 Å². The molecule has 0 unspecified atom stereocenters. The second-order valence-electron chi connectivity index (χ2n) is 4.91. The number of aryl methyl sites for hydroxylation is 2. The van der Waals surface area contributed by atoms with Crippen molar-refractivity contribution in [1.29, 1.82) is 5.41 Å². The lowest BCUT2D eigenvalue weighted by Crippen LogP contribution is -2.07. The van der Waals surface area contributed by atoms with Gasteiger partial charge in [0.15, 0.2) is 0 Å². The fraction of sp³-hybridized carbons (Fsp3) is 0.133. The van der Waals surface area contributed by atoms with Gasteiger partial charge in [-0.15, -0.1) is 0 Å². The predicted octanol–water partition coefficient (Wildman–Crippen LogP) is 3.54. The van der Waals surface area contributed by atoms with E-state index < -0.39 is 15.5 Å². The molecule has 0 saturated carbocycles. The maximum Gasteiger partial charge on any atom is 0.285 e. The Labute approximate surface area is 126 Å². The lowest BCUT2D eigenvalue weighted by molar-refractivity contribution is -0.394. The Morgan fingerprint density at radius 3 is 2.00 bits per heavy atom. The number of rotatable bonds is 4. The van der Waals surface area contributed by atoms with Crippen molar-refractivity contribution in [2.45, 2.75) is 13.8 Å². The summed E-state index contributed by atoms with van der Waals surface area (Å²) in [6.07, 6.45) is 0. The molecule has 0 aromatic heterocycles. The quantitative estimate of drug-likeness (QED) is 0.528. The van der Waals surface area contributed by atoms with Crippen molar-refractivity contribution >= 4 is 17.1 Å². The SMILES string of the molecule is Cc1ccc(C(=N)c2cc(C)c([N+](=O)[O-])cc2[N+](=O)[O-])cc1. The Bertz CT molecular complexity index is 782. The Morgan fingerprint density at radius 2 is 1.50 bits per heavy atom. The molecule has 0 aliphatic heterocycles. The molecule has 0 heterocycles. The topological polar surface area (TPSA) is 110 Å². The third-order valence-electron chi connectivity index (χ3n) is 3.32. The molecule has 22 heavy (non-hydrogen) atoms. The highest BCUT2D eigenvalue weighted by atomic mass is 16.6. The van der Waals surface area contributed by atoms with E-state index in [0.717, 1.165) is 11.6 Å². The van der Waals surface area contributed by atoms with Gasteiger partial charge in [0.25, 0.3) is 11.4 Å². The van der Waals surface area contributed by atoms with Gasteiger partial charge in [0.1, 0.15) is 0 Å². The van der Waals surface area contributed by atoms with E-state index in [-0.39, 0.29) is 22.5 Å². The molecule has 0 spiro atoms. The van der Waals surface area contributed by atoms with Crippen LogP contribution in [0.3, 0.4) is 0 Å². The fourth-order valence-electron chi connectivity index (χ4n) is 2.11. The van der Waals surface area contributed by atoms with Gasteiger partial charge in [-0.1, -0.05) is 29.8 Å². The molecule has 2 aromatic carbocycles. The van der Waals surface area contributed by atoms with Crippen molar-refractivity contribution in [3.05, 3.63) is 78.9 Å². The first-order valence-electron chi connectivity index (χ1n) is 6.40. The normalized spacial score (nSPS) is 10.3. The summed E-state index contributed by atoms with van der Waals surface area (Å²) in [6, 6.07) is 9.21. The van der Waals surface area contributed by atoms with E-state index in [2.05, 4.69) is 0 Å². The molecule has 0 radical (unpaired) electrons. The van der Waals surface area contributed by atoms with E-state index in [1.54, 1.807) is 24.3 Å². The van der Waals surface area contributed by atoms with E-state index in [4.69, 9.17) is 5.41 Å². The van der Waals surface area contributed by atoms with E-state index in [9.17, 15) is 20.2 Å². The molecular weight excluding hydrogens is 286 g/mol. The summed E-state index contributed by atoms with van der Waals surface area (Å²) in [6.45, 7) is 3.39. The van der Waals surface area contributed by atoms with Crippen molar-refractivity contribution in [1.82, 2.24) is 0 Å². The van der Waals surface area contributed by atoms with Crippen LogP contribution in [0.4, 0.5) is 11.4 Å². The van der Waals surface area contributed by atoms with Gasteiger partial charge in [-0.2, -0.15) is 0 Å². The summed E-state index contributed by atoms with van der Waals surface area (Å²) in [7, 11) is 0. The summed E-state index contributed by atoms with van der Waals surface area (Å²) in [5.41, 5.74) is 1.06. The zero-order valence-electron chi connectivity index (χ0n) is 12.0. The van der Waals surface area contributed by atoms with Crippen molar-refractivity contribution in [3.8, 4) is 0 Å². The van der Waals surface area contributed by atoms with Gasteiger partial charge in [-0.3, -0.25) is 25.6 Å². The van der Waals surface area contributed by atoms with E-state index in [1.165, 1.54) is 13.0 Å². The third-order valence-corrected chi connectivity index (χ3v) is 3.32. The molecule has 7 nitrogen and oxygen atoms in total. The smallest absolute Gasteiger partial charge is 0.285 e. The molecule has 0 aliphatic carbocycles. The van der Waals surface area contributed by atoms with Crippen LogP contribution in [-0.4, -0.2) is 15.6 Å². The van der Waals surface area contributed by atoms with E-state index >= 15 is 0 Å². The molecule has 0 bridgehead atoms.